The fourth-order valence-corrected chi connectivity index (χ4v) is 5.56. The summed E-state index contributed by atoms with van der Waals surface area (Å²) in [5.74, 6) is 0. The van der Waals surface area contributed by atoms with Crippen LogP contribution in [-0.2, 0) is 19.4 Å². The molecule has 4 heteroatoms. The zero-order valence-electron chi connectivity index (χ0n) is 17.6. The van der Waals surface area contributed by atoms with E-state index < -0.39 is 0 Å². The molecule has 2 atom stereocenters. The number of nitrogens with zero attached hydrogens (tertiary/aromatic N) is 3. The van der Waals surface area contributed by atoms with E-state index in [1.165, 1.54) is 34.9 Å². The van der Waals surface area contributed by atoms with E-state index in [4.69, 9.17) is 0 Å². The summed E-state index contributed by atoms with van der Waals surface area (Å²) in [5, 5.41) is 10.8. The number of fused-ring (bicyclic) bond motifs is 6. The summed E-state index contributed by atoms with van der Waals surface area (Å²) in [6.07, 6.45) is 7.58. The van der Waals surface area contributed by atoms with Crippen LogP contribution >= 0.6 is 0 Å². The van der Waals surface area contributed by atoms with Crippen molar-refractivity contribution >= 4 is 10.9 Å². The summed E-state index contributed by atoms with van der Waals surface area (Å²) in [6.45, 7) is 6.55. The number of aliphatic hydroxyl groups is 1. The highest BCUT2D eigenvalue weighted by molar-refractivity contribution is 5.87. The second-order valence-electron chi connectivity index (χ2n) is 8.86. The predicted molar refractivity (Wildman–Crippen MR) is 117 cm³/mol. The third-order valence-electron chi connectivity index (χ3n) is 6.95. The Balaban J connectivity index is 1.54. The Kier molecular flexibility index (Phi) is 4.92. The molecule has 2 unspecified atom stereocenters. The van der Waals surface area contributed by atoms with Crippen LogP contribution in [0.5, 0.6) is 0 Å². The summed E-state index contributed by atoms with van der Waals surface area (Å²) < 4.78 is 2.60. The first kappa shape index (κ1) is 18.8. The van der Waals surface area contributed by atoms with Gasteiger partial charge in [-0.25, -0.2) is 0 Å². The topological polar surface area (TPSA) is 41.3 Å². The van der Waals surface area contributed by atoms with Crippen molar-refractivity contribution < 1.29 is 5.11 Å². The van der Waals surface area contributed by atoms with Crippen LogP contribution in [0.4, 0.5) is 0 Å². The number of pyridine rings is 1. The molecule has 1 saturated heterocycles. The Bertz CT molecular complexity index is 1020. The Hall–Kier alpha value is -2.17. The van der Waals surface area contributed by atoms with Gasteiger partial charge in [-0.05, 0) is 68.9 Å². The number of hydrogen-bond donors (Lipinski definition) is 1. The molecular weight excluding hydrogens is 358 g/mol. The van der Waals surface area contributed by atoms with Gasteiger partial charge in [-0.2, -0.15) is 0 Å². The average Bonchev–Trinajstić information content (AvgIpc) is 3.17. The number of hydrogen-bond acceptors (Lipinski definition) is 3. The van der Waals surface area contributed by atoms with Gasteiger partial charge < -0.3 is 9.67 Å². The fourth-order valence-electron chi connectivity index (χ4n) is 5.56. The summed E-state index contributed by atoms with van der Waals surface area (Å²) in [5.41, 5.74) is 8.22. The molecule has 0 amide bonds. The van der Waals surface area contributed by atoms with Crippen molar-refractivity contribution in [3.05, 3.63) is 64.6 Å². The maximum Gasteiger partial charge on any atom is 0.0486 e. The van der Waals surface area contributed by atoms with Crippen LogP contribution in [-0.4, -0.2) is 38.8 Å². The smallest absolute Gasteiger partial charge is 0.0486 e. The largest absolute Gasteiger partial charge is 0.396 e. The lowest BCUT2D eigenvalue weighted by Crippen LogP contribution is -2.38. The van der Waals surface area contributed by atoms with E-state index in [0.717, 1.165) is 38.0 Å². The molecule has 1 aromatic carbocycles. The highest BCUT2D eigenvalue weighted by atomic mass is 16.3. The Morgan fingerprint density at radius 1 is 1.10 bits per heavy atom. The maximum absolute atomic E-state index is 9.36. The first-order chi connectivity index (χ1) is 14.2. The molecule has 0 spiro atoms. The lowest BCUT2D eigenvalue weighted by molar-refractivity contribution is 0.157. The second-order valence-corrected chi connectivity index (χ2v) is 8.86. The zero-order valence-corrected chi connectivity index (χ0v) is 17.6. The minimum atomic E-state index is 0.286. The molecular formula is C25H31N3O. The predicted octanol–water partition coefficient (Wildman–Crippen LogP) is 4.34. The van der Waals surface area contributed by atoms with Gasteiger partial charge in [0.05, 0.1) is 0 Å². The van der Waals surface area contributed by atoms with Gasteiger partial charge in [0.1, 0.15) is 0 Å². The van der Waals surface area contributed by atoms with Gasteiger partial charge in [-0.15, -0.1) is 0 Å². The summed E-state index contributed by atoms with van der Waals surface area (Å²) in [6, 6.07) is 12.4. The van der Waals surface area contributed by atoms with Gasteiger partial charge in [-0.1, -0.05) is 17.7 Å². The van der Waals surface area contributed by atoms with Crippen molar-refractivity contribution in [2.75, 3.05) is 13.2 Å². The van der Waals surface area contributed by atoms with E-state index in [1.54, 1.807) is 11.3 Å². The first-order valence-electron chi connectivity index (χ1n) is 11.1. The quantitative estimate of drug-likeness (QED) is 0.682. The summed E-state index contributed by atoms with van der Waals surface area (Å²) >= 11 is 0. The minimum Gasteiger partial charge on any atom is -0.396 e. The van der Waals surface area contributed by atoms with E-state index in [-0.39, 0.29) is 6.61 Å². The van der Waals surface area contributed by atoms with Crippen LogP contribution in [0.1, 0.15) is 53.4 Å². The van der Waals surface area contributed by atoms with Gasteiger partial charge in [0, 0.05) is 66.7 Å². The van der Waals surface area contributed by atoms with Gasteiger partial charge in [0.15, 0.2) is 0 Å². The molecule has 2 aliphatic rings. The number of aromatic nitrogens is 2. The van der Waals surface area contributed by atoms with E-state index in [2.05, 4.69) is 51.7 Å². The molecule has 1 N–H and O–H groups in total. The van der Waals surface area contributed by atoms with Crippen LogP contribution in [0.2, 0.25) is 0 Å². The third kappa shape index (κ3) is 3.28. The van der Waals surface area contributed by atoms with Gasteiger partial charge in [-0.3, -0.25) is 9.88 Å². The first-order valence-corrected chi connectivity index (χ1v) is 11.1. The normalized spacial score (nSPS) is 21.1. The van der Waals surface area contributed by atoms with Gasteiger partial charge in [0.2, 0.25) is 0 Å². The minimum absolute atomic E-state index is 0.286. The molecule has 2 aliphatic heterocycles. The fraction of sp³-hybridized carbons (Fsp3) is 0.480. The van der Waals surface area contributed by atoms with E-state index in [9.17, 15) is 5.11 Å². The zero-order chi connectivity index (χ0) is 20.0. The molecule has 1 fully saturated rings. The van der Waals surface area contributed by atoms with Crippen molar-refractivity contribution in [1.82, 2.24) is 14.5 Å². The third-order valence-corrected chi connectivity index (χ3v) is 6.95. The maximum atomic E-state index is 9.36. The Morgan fingerprint density at radius 3 is 2.79 bits per heavy atom. The molecule has 0 aliphatic carbocycles. The molecule has 4 nitrogen and oxygen atoms in total. The van der Waals surface area contributed by atoms with Crippen LogP contribution in [0, 0.1) is 13.8 Å². The van der Waals surface area contributed by atoms with Crippen molar-refractivity contribution in [3.63, 3.8) is 0 Å². The molecule has 4 heterocycles. The molecule has 0 saturated carbocycles. The molecule has 2 aromatic heterocycles. The summed E-state index contributed by atoms with van der Waals surface area (Å²) in [4.78, 5) is 7.15. The molecule has 2 bridgehead atoms. The lowest BCUT2D eigenvalue weighted by Gasteiger charge is -2.35. The van der Waals surface area contributed by atoms with Crippen molar-refractivity contribution in [1.29, 1.82) is 0 Å². The molecule has 152 valence electrons. The lowest BCUT2D eigenvalue weighted by atomic mass is 9.96. The molecule has 0 radical (unpaired) electrons. The van der Waals surface area contributed by atoms with Crippen LogP contribution in [0.15, 0.2) is 36.5 Å². The van der Waals surface area contributed by atoms with Gasteiger partial charge >= 0.3 is 0 Å². The van der Waals surface area contributed by atoms with E-state index in [1.807, 2.05) is 13.1 Å². The van der Waals surface area contributed by atoms with Crippen molar-refractivity contribution in [3.8, 4) is 0 Å². The number of rotatable bonds is 6. The van der Waals surface area contributed by atoms with Crippen molar-refractivity contribution in [2.45, 2.75) is 64.6 Å². The van der Waals surface area contributed by atoms with Crippen LogP contribution in [0.3, 0.4) is 0 Å². The summed E-state index contributed by atoms with van der Waals surface area (Å²) in [7, 11) is 0. The molecule has 3 aromatic rings. The molecule has 5 rings (SSSR count). The monoisotopic (exact) mass is 389 g/mol. The van der Waals surface area contributed by atoms with Crippen molar-refractivity contribution in [2.24, 2.45) is 0 Å². The van der Waals surface area contributed by atoms with Crippen LogP contribution in [0.25, 0.3) is 10.9 Å². The van der Waals surface area contributed by atoms with E-state index in [0.29, 0.717) is 12.1 Å². The SMILES string of the molecule is Cc1ccc2c(c1)c1c(n2CCc2ccc(C)nc2)CC2CCC1N2CCCO. The average molecular weight is 390 g/mol. The van der Waals surface area contributed by atoms with Gasteiger partial charge in [0.25, 0.3) is 0 Å². The van der Waals surface area contributed by atoms with Crippen LogP contribution < -0.4 is 0 Å². The van der Waals surface area contributed by atoms with E-state index >= 15 is 0 Å². The Labute approximate surface area is 173 Å². The highest BCUT2D eigenvalue weighted by Gasteiger charge is 2.42. The Morgan fingerprint density at radius 2 is 2.00 bits per heavy atom. The molecule has 29 heavy (non-hydrogen) atoms. The number of benzene rings is 1. The standard InChI is InChI=1S/C25H31N3O/c1-17-4-8-22-21(14-17)25-23-9-7-20(27(23)11-3-13-29)15-24(25)28(22)12-10-19-6-5-18(2)26-16-19/h4-6,8,14,16,20,23,29H,3,7,9-13,15H2,1-2H3. The number of aliphatic hydroxyl groups excluding tert-OH is 1. The second kappa shape index (κ2) is 7.58. The number of aryl methyl sites for hydroxylation is 4. The highest BCUT2D eigenvalue weighted by Crippen LogP contribution is 2.47.